The number of amides is 1. The van der Waals surface area contributed by atoms with Gasteiger partial charge in [0.25, 0.3) is 0 Å². The van der Waals surface area contributed by atoms with Crippen molar-refractivity contribution >= 4 is 41.7 Å². The van der Waals surface area contributed by atoms with E-state index in [1.807, 2.05) is 4.90 Å². The third-order valence-electron chi connectivity index (χ3n) is 13.7. The number of hydrogen-bond acceptors (Lipinski definition) is 10. The maximum Gasteiger partial charge on any atom is 0.410 e. The van der Waals surface area contributed by atoms with Gasteiger partial charge in [0.2, 0.25) is 0 Å². The number of benzene rings is 3. The molecule has 3 aromatic carbocycles. The van der Waals surface area contributed by atoms with E-state index in [9.17, 15) is 14.4 Å². The second-order valence-electron chi connectivity index (χ2n) is 19.8. The summed E-state index contributed by atoms with van der Waals surface area (Å²) in [5, 5.41) is 11.3. The van der Waals surface area contributed by atoms with Gasteiger partial charge >= 0.3 is 12.1 Å². The lowest BCUT2D eigenvalue weighted by molar-refractivity contribution is 0.0145. The van der Waals surface area contributed by atoms with E-state index < -0.39 is 49.2 Å². The molecule has 1 aromatic heterocycles. The summed E-state index contributed by atoms with van der Waals surface area (Å²) in [5.74, 6) is 2.86. The van der Waals surface area contributed by atoms with Gasteiger partial charge in [-0.05, 0) is 92.0 Å². The summed E-state index contributed by atoms with van der Waals surface area (Å²) in [4.78, 5) is 28.6. The van der Waals surface area contributed by atoms with Crippen LogP contribution in [0.5, 0.6) is 11.8 Å². The molecule has 3 aliphatic heterocycles. The van der Waals surface area contributed by atoms with Gasteiger partial charge in [-0.15, -0.1) is 5.54 Å². The Morgan fingerprint density at radius 3 is 2.38 bits per heavy atom. The molecule has 0 bridgehead atoms. The highest BCUT2D eigenvalue weighted by Crippen LogP contribution is 2.44. The molecule has 4 heterocycles. The van der Waals surface area contributed by atoms with Crippen LogP contribution in [-0.2, 0) is 9.47 Å². The first-order valence-electron chi connectivity index (χ1n) is 22.9. The summed E-state index contributed by atoms with van der Waals surface area (Å²) in [6, 6.07) is 11.4. The number of carbonyl (C=O) groups is 1. The fourth-order valence-corrected chi connectivity index (χ4v) is 15.9. The van der Waals surface area contributed by atoms with E-state index in [-0.39, 0.29) is 62.1 Å². The van der Waals surface area contributed by atoms with Crippen LogP contribution in [0.2, 0.25) is 16.6 Å². The number of hydrogen-bond donors (Lipinski definition) is 0. The van der Waals surface area contributed by atoms with E-state index in [1.165, 1.54) is 13.2 Å². The van der Waals surface area contributed by atoms with Crippen molar-refractivity contribution in [3.63, 3.8) is 0 Å². The quantitative estimate of drug-likeness (QED) is 0.0773. The maximum absolute atomic E-state index is 17.9. The number of halogens is 3. The number of nitrogens with zero attached hydrogens (tertiary/aromatic N) is 6. The minimum atomic E-state index is -2.33. The number of alkyl halides is 1. The summed E-state index contributed by atoms with van der Waals surface area (Å²) in [6.07, 6.45) is 0.490. The molecule has 0 N–H and O–H groups in total. The number of aromatic nitrogens is 2. The zero-order valence-corrected chi connectivity index (χ0v) is 40.5. The van der Waals surface area contributed by atoms with Gasteiger partial charge in [-0.1, -0.05) is 59.6 Å². The lowest BCUT2D eigenvalue weighted by atomic mass is 9.93. The number of piperazine rings is 1. The number of ether oxygens (including phenoxy) is 4. The largest absolute Gasteiger partial charge is 0.468 e. The molecule has 65 heavy (non-hydrogen) atoms. The Hall–Kier alpha value is -5.09. The molecular formula is C50H63F3N6O5Si. The summed E-state index contributed by atoms with van der Waals surface area (Å²) < 4.78 is 72.4. The van der Waals surface area contributed by atoms with Crippen LogP contribution < -0.4 is 14.4 Å². The molecule has 7 rings (SSSR count). The van der Waals surface area contributed by atoms with Crippen LogP contribution in [0.25, 0.3) is 32.8 Å². The van der Waals surface area contributed by atoms with Gasteiger partial charge in [-0.3, -0.25) is 4.90 Å². The van der Waals surface area contributed by atoms with Crippen LogP contribution in [-0.4, -0.2) is 111 Å². The number of rotatable bonds is 12. The van der Waals surface area contributed by atoms with E-state index in [2.05, 4.69) is 64.0 Å². The van der Waals surface area contributed by atoms with Crippen molar-refractivity contribution in [2.24, 2.45) is 0 Å². The Kier molecular flexibility index (Phi) is 14.0. The second kappa shape index (κ2) is 19.0. The van der Waals surface area contributed by atoms with Crippen molar-refractivity contribution in [3.05, 3.63) is 53.6 Å². The predicted octanol–water partition coefficient (Wildman–Crippen LogP) is 10.6. The van der Waals surface area contributed by atoms with Crippen LogP contribution in [0.1, 0.15) is 93.6 Å². The SMILES string of the molecule is COCOc1cc(-c2ccc3c(N4CCN(C(=O)OC(C)(C)C)[C@@H](CC#N)C4)nc(OC[C@@]45CCCN4C[C@H](F)C5)nc3c2F)c2c(C#C[Si](C(C)C)(C(C)C)C(C)C)c(F)ccc2c1. The lowest BCUT2D eigenvalue weighted by Gasteiger charge is -2.41. The van der Waals surface area contributed by atoms with Crippen molar-refractivity contribution in [2.45, 2.75) is 128 Å². The number of nitriles is 1. The molecule has 3 saturated heterocycles. The number of carbonyl (C=O) groups excluding carboxylic acids is 1. The summed E-state index contributed by atoms with van der Waals surface area (Å²) in [5.41, 5.74) is 3.90. The molecule has 11 nitrogen and oxygen atoms in total. The van der Waals surface area contributed by atoms with Crippen LogP contribution in [0.4, 0.5) is 23.8 Å². The van der Waals surface area contributed by atoms with Crippen molar-refractivity contribution in [3.8, 4) is 40.4 Å². The molecule has 0 spiro atoms. The summed E-state index contributed by atoms with van der Waals surface area (Å²) >= 11 is 0. The zero-order chi connectivity index (χ0) is 47.0. The van der Waals surface area contributed by atoms with Gasteiger partial charge < -0.3 is 28.7 Å². The number of anilines is 1. The first kappa shape index (κ1) is 47.9. The number of methoxy groups -OCH3 is 1. The van der Waals surface area contributed by atoms with E-state index in [0.29, 0.717) is 62.9 Å². The standard InChI is InChI=1S/C50H63F3N6O5Si/c1-31(2)65(32(3)4,33(5)6)23-17-39-42(52)15-12-34-24-37(63-30-61-10)25-41(43(34)39)38-13-14-40-45(44(38)53)55-47(62-29-50-18-11-20-58(50)27-35(51)26-50)56-46(40)57-21-22-59(36(28-57)16-19-54)48(60)64-49(7,8)9/h12-15,24-25,31-33,35-36H,11,16,18,20-22,26-30H2,1-10H3/t35-,36+,50+/m1/s1. The van der Waals surface area contributed by atoms with E-state index in [4.69, 9.17) is 28.9 Å². The average molecular weight is 913 g/mol. The Morgan fingerprint density at radius 2 is 1.71 bits per heavy atom. The Labute approximate surface area is 382 Å². The summed E-state index contributed by atoms with van der Waals surface area (Å²) in [6.45, 7) is 20.4. The van der Waals surface area contributed by atoms with Crippen molar-refractivity contribution in [1.82, 2.24) is 19.8 Å². The molecule has 4 aromatic rings. The van der Waals surface area contributed by atoms with Crippen LogP contribution in [0, 0.1) is 34.4 Å². The molecule has 0 unspecified atom stereocenters. The third kappa shape index (κ3) is 9.47. The highest BCUT2D eigenvalue weighted by molar-refractivity contribution is 6.90. The smallest absolute Gasteiger partial charge is 0.410 e. The van der Waals surface area contributed by atoms with E-state index in [0.717, 1.165) is 19.4 Å². The molecular weight excluding hydrogens is 850 g/mol. The molecule has 3 aliphatic rings. The lowest BCUT2D eigenvalue weighted by Crippen LogP contribution is -2.56. The topological polar surface area (TPSA) is 113 Å². The van der Waals surface area contributed by atoms with Crippen LogP contribution >= 0.6 is 0 Å². The Bertz CT molecular complexity index is 2510. The molecule has 0 radical (unpaired) electrons. The first-order chi connectivity index (χ1) is 30.8. The normalized spacial score (nSPS) is 20.4. The fourth-order valence-electron chi connectivity index (χ4n) is 10.7. The Balaban J connectivity index is 1.41. The minimum Gasteiger partial charge on any atom is -0.468 e. The molecule has 0 aliphatic carbocycles. The van der Waals surface area contributed by atoms with Crippen LogP contribution in [0.3, 0.4) is 0 Å². The average Bonchev–Trinajstić information content (AvgIpc) is 3.77. The van der Waals surface area contributed by atoms with Gasteiger partial charge in [0, 0.05) is 56.0 Å². The molecule has 15 heteroatoms. The molecule has 3 fully saturated rings. The second-order valence-corrected chi connectivity index (χ2v) is 25.4. The van der Waals surface area contributed by atoms with Gasteiger partial charge in [0.05, 0.1) is 29.6 Å². The highest BCUT2D eigenvalue weighted by atomic mass is 28.3. The maximum atomic E-state index is 17.9. The monoisotopic (exact) mass is 912 g/mol. The van der Waals surface area contributed by atoms with Gasteiger partial charge in [0.15, 0.2) is 12.6 Å². The van der Waals surface area contributed by atoms with Gasteiger partial charge in [-0.2, -0.15) is 15.2 Å². The van der Waals surface area contributed by atoms with Crippen molar-refractivity contribution < 1.29 is 36.9 Å². The van der Waals surface area contributed by atoms with Crippen LogP contribution in [0.15, 0.2) is 36.4 Å². The highest BCUT2D eigenvalue weighted by Gasteiger charge is 2.49. The zero-order valence-electron chi connectivity index (χ0n) is 39.5. The number of fused-ring (bicyclic) bond motifs is 3. The minimum absolute atomic E-state index is 0.0227. The van der Waals surface area contributed by atoms with Crippen molar-refractivity contribution in [2.75, 3.05) is 58.1 Å². The van der Waals surface area contributed by atoms with E-state index in [1.54, 1.807) is 56.0 Å². The molecule has 0 saturated carbocycles. The first-order valence-corrected chi connectivity index (χ1v) is 25.1. The van der Waals surface area contributed by atoms with Crippen molar-refractivity contribution in [1.29, 1.82) is 5.26 Å². The summed E-state index contributed by atoms with van der Waals surface area (Å²) in [7, 11) is -0.828. The van der Waals surface area contributed by atoms with E-state index >= 15 is 8.78 Å². The third-order valence-corrected chi connectivity index (χ3v) is 20.0. The molecule has 348 valence electrons. The predicted molar refractivity (Wildman–Crippen MR) is 251 cm³/mol. The molecule has 3 atom stereocenters. The molecule has 1 amide bonds. The van der Waals surface area contributed by atoms with Gasteiger partial charge in [-0.25, -0.2) is 18.0 Å². The fraction of sp³-hybridized carbons (Fsp3) is 0.560. The van der Waals surface area contributed by atoms with Gasteiger partial charge in [0.1, 0.15) is 49.4 Å². The Morgan fingerprint density at radius 1 is 0.969 bits per heavy atom.